The van der Waals surface area contributed by atoms with Crippen molar-refractivity contribution in [1.82, 2.24) is 9.78 Å². The highest BCUT2D eigenvalue weighted by Gasteiger charge is 2.10. The molecule has 2 aromatic rings. The molecule has 0 aliphatic rings. The van der Waals surface area contributed by atoms with E-state index in [9.17, 15) is 4.79 Å². The number of carbonyl (C=O) groups is 1. The molecule has 0 spiro atoms. The Kier molecular flexibility index (Phi) is 4.18. The van der Waals surface area contributed by atoms with Gasteiger partial charge in [0.2, 0.25) is 0 Å². The lowest BCUT2D eigenvalue weighted by atomic mass is 10.1. The smallest absolute Gasteiger partial charge is 0.273 e. The zero-order chi connectivity index (χ0) is 14.5. The molecule has 5 nitrogen and oxygen atoms in total. The van der Waals surface area contributed by atoms with Crippen LogP contribution in [-0.4, -0.2) is 27.4 Å². The Morgan fingerprint density at radius 2 is 2.25 bits per heavy atom. The van der Waals surface area contributed by atoms with Crippen LogP contribution in [0.1, 0.15) is 21.6 Å². The number of aliphatic hydroxyl groups excluding tert-OH is 1. The molecule has 0 fully saturated rings. The monoisotopic (exact) mass is 269 g/mol. The van der Waals surface area contributed by atoms with Gasteiger partial charge in [0.25, 0.3) is 5.91 Å². The second-order valence-electron chi connectivity index (χ2n) is 4.34. The van der Waals surface area contributed by atoms with Crippen molar-refractivity contribution in [3.8, 4) is 11.8 Å². The third kappa shape index (κ3) is 3.25. The van der Waals surface area contributed by atoms with Gasteiger partial charge in [-0.05, 0) is 36.8 Å². The van der Waals surface area contributed by atoms with Crippen LogP contribution >= 0.6 is 0 Å². The molecule has 1 heterocycles. The summed E-state index contributed by atoms with van der Waals surface area (Å²) in [5.74, 6) is 5.19. The van der Waals surface area contributed by atoms with E-state index in [1.165, 1.54) is 4.68 Å². The van der Waals surface area contributed by atoms with Crippen molar-refractivity contribution < 1.29 is 9.90 Å². The number of aromatic nitrogens is 2. The minimum absolute atomic E-state index is 0.190. The van der Waals surface area contributed by atoms with Gasteiger partial charge in [-0.2, -0.15) is 5.10 Å². The summed E-state index contributed by atoms with van der Waals surface area (Å²) in [6.45, 7) is 1.73. The number of carbonyl (C=O) groups excluding carboxylic acids is 1. The lowest BCUT2D eigenvalue weighted by molar-refractivity contribution is 0.101. The Hall–Kier alpha value is -2.58. The Balaban J connectivity index is 2.23. The van der Waals surface area contributed by atoms with Crippen LogP contribution in [0.4, 0.5) is 5.69 Å². The summed E-state index contributed by atoms with van der Waals surface area (Å²) >= 11 is 0. The maximum absolute atomic E-state index is 12.1. The highest BCUT2D eigenvalue weighted by molar-refractivity contribution is 6.03. The topological polar surface area (TPSA) is 67.2 Å². The second-order valence-corrected chi connectivity index (χ2v) is 4.34. The molecule has 0 aliphatic heterocycles. The number of nitrogens with one attached hydrogen (secondary N) is 1. The van der Waals surface area contributed by atoms with Crippen LogP contribution in [0.2, 0.25) is 0 Å². The molecule has 0 atom stereocenters. The zero-order valence-corrected chi connectivity index (χ0v) is 11.3. The van der Waals surface area contributed by atoms with E-state index in [1.807, 2.05) is 19.1 Å². The molecule has 5 heteroatoms. The molecule has 0 unspecified atom stereocenters. The number of aliphatic hydroxyl groups is 1. The Morgan fingerprint density at radius 3 is 2.90 bits per heavy atom. The van der Waals surface area contributed by atoms with E-state index in [2.05, 4.69) is 22.3 Å². The van der Waals surface area contributed by atoms with Crippen LogP contribution in [-0.2, 0) is 7.05 Å². The van der Waals surface area contributed by atoms with Gasteiger partial charge in [0, 0.05) is 24.5 Å². The van der Waals surface area contributed by atoms with Crippen molar-refractivity contribution in [2.75, 3.05) is 11.9 Å². The first-order valence-electron chi connectivity index (χ1n) is 6.11. The third-order valence-corrected chi connectivity index (χ3v) is 2.70. The molecule has 1 aromatic heterocycles. The van der Waals surface area contributed by atoms with Crippen molar-refractivity contribution in [1.29, 1.82) is 0 Å². The van der Waals surface area contributed by atoms with Crippen LogP contribution in [0.3, 0.4) is 0 Å². The number of hydrogen-bond donors (Lipinski definition) is 2. The number of rotatable bonds is 2. The highest BCUT2D eigenvalue weighted by Crippen LogP contribution is 2.15. The van der Waals surface area contributed by atoms with E-state index < -0.39 is 0 Å². The molecular weight excluding hydrogens is 254 g/mol. The van der Waals surface area contributed by atoms with Crippen LogP contribution in [0.5, 0.6) is 0 Å². The standard InChI is InChI=1S/C15H15N3O2/c1-11-8-12(4-3-7-19)10-13(9-11)17-15(20)14-5-6-16-18(14)2/h5-6,8-10,19H,7H2,1-2H3,(H,17,20). The number of anilines is 1. The fraction of sp³-hybridized carbons (Fsp3) is 0.200. The van der Waals surface area contributed by atoms with Gasteiger partial charge in [0.1, 0.15) is 12.3 Å². The fourth-order valence-electron chi connectivity index (χ4n) is 1.86. The van der Waals surface area contributed by atoms with Gasteiger partial charge in [-0.15, -0.1) is 0 Å². The first-order valence-corrected chi connectivity index (χ1v) is 6.11. The van der Waals surface area contributed by atoms with Crippen molar-refractivity contribution >= 4 is 11.6 Å². The van der Waals surface area contributed by atoms with Crippen LogP contribution in [0.25, 0.3) is 0 Å². The lowest BCUT2D eigenvalue weighted by Gasteiger charge is -2.07. The first-order chi connectivity index (χ1) is 9.60. The van der Waals surface area contributed by atoms with E-state index in [4.69, 9.17) is 5.11 Å². The Morgan fingerprint density at radius 1 is 1.45 bits per heavy atom. The van der Waals surface area contributed by atoms with Gasteiger partial charge in [0.15, 0.2) is 0 Å². The second kappa shape index (κ2) is 6.04. The normalized spacial score (nSPS) is 9.75. The zero-order valence-electron chi connectivity index (χ0n) is 11.3. The minimum atomic E-state index is -0.225. The summed E-state index contributed by atoms with van der Waals surface area (Å²) in [6, 6.07) is 7.17. The predicted octanol–water partition coefficient (Wildman–Crippen LogP) is 1.32. The molecule has 2 N–H and O–H groups in total. The highest BCUT2D eigenvalue weighted by atomic mass is 16.2. The maximum atomic E-state index is 12.1. The molecule has 0 saturated heterocycles. The lowest BCUT2D eigenvalue weighted by Crippen LogP contribution is -2.16. The van der Waals surface area contributed by atoms with Gasteiger partial charge < -0.3 is 10.4 Å². The van der Waals surface area contributed by atoms with E-state index in [-0.39, 0.29) is 12.5 Å². The number of aryl methyl sites for hydroxylation is 2. The van der Waals surface area contributed by atoms with Crippen molar-refractivity contribution in [3.63, 3.8) is 0 Å². The van der Waals surface area contributed by atoms with Crippen molar-refractivity contribution in [2.45, 2.75) is 6.92 Å². The fourth-order valence-corrected chi connectivity index (χ4v) is 1.86. The molecular formula is C15H15N3O2. The van der Waals surface area contributed by atoms with E-state index in [0.717, 1.165) is 11.1 Å². The van der Waals surface area contributed by atoms with Gasteiger partial charge in [0.05, 0.1) is 0 Å². The Labute approximate surface area is 117 Å². The van der Waals surface area contributed by atoms with Crippen LogP contribution in [0, 0.1) is 18.8 Å². The first kappa shape index (κ1) is 13.8. The van der Waals surface area contributed by atoms with E-state index >= 15 is 0 Å². The summed E-state index contributed by atoms with van der Waals surface area (Å²) < 4.78 is 1.51. The number of benzene rings is 1. The minimum Gasteiger partial charge on any atom is -0.384 e. The maximum Gasteiger partial charge on any atom is 0.273 e. The summed E-state index contributed by atoms with van der Waals surface area (Å²) in [5.41, 5.74) is 2.88. The molecule has 0 saturated carbocycles. The largest absolute Gasteiger partial charge is 0.384 e. The third-order valence-electron chi connectivity index (χ3n) is 2.70. The number of hydrogen-bond acceptors (Lipinski definition) is 3. The number of nitrogens with zero attached hydrogens (tertiary/aromatic N) is 2. The molecule has 102 valence electrons. The average Bonchev–Trinajstić information content (AvgIpc) is 2.82. The molecule has 0 radical (unpaired) electrons. The quantitative estimate of drug-likeness (QED) is 0.808. The van der Waals surface area contributed by atoms with E-state index in [1.54, 1.807) is 25.4 Å². The SMILES string of the molecule is Cc1cc(C#CCO)cc(NC(=O)c2ccnn2C)c1. The summed E-state index contributed by atoms with van der Waals surface area (Å²) in [5, 5.41) is 15.5. The number of amides is 1. The summed E-state index contributed by atoms with van der Waals surface area (Å²) in [4.78, 5) is 12.1. The molecule has 0 aliphatic carbocycles. The molecule has 1 amide bonds. The molecule has 0 bridgehead atoms. The van der Waals surface area contributed by atoms with Crippen LogP contribution in [0.15, 0.2) is 30.5 Å². The van der Waals surface area contributed by atoms with Gasteiger partial charge in [-0.3, -0.25) is 9.48 Å². The van der Waals surface area contributed by atoms with Gasteiger partial charge in [-0.1, -0.05) is 11.8 Å². The summed E-state index contributed by atoms with van der Waals surface area (Å²) in [7, 11) is 1.71. The van der Waals surface area contributed by atoms with E-state index in [0.29, 0.717) is 11.4 Å². The Bertz CT molecular complexity index is 693. The molecule has 1 aromatic carbocycles. The molecule has 2 rings (SSSR count). The van der Waals surface area contributed by atoms with Crippen molar-refractivity contribution in [3.05, 3.63) is 47.3 Å². The molecule has 20 heavy (non-hydrogen) atoms. The van der Waals surface area contributed by atoms with Crippen molar-refractivity contribution in [2.24, 2.45) is 7.05 Å². The van der Waals surface area contributed by atoms with Gasteiger partial charge in [-0.25, -0.2) is 0 Å². The van der Waals surface area contributed by atoms with Gasteiger partial charge >= 0.3 is 0 Å². The average molecular weight is 269 g/mol. The predicted molar refractivity (Wildman–Crippen MR) is 76.3 cm³/mol. The summed E-state index contributed by atoms with van der Waals surface area (Å²) in [6.07, 6.45) is 1.57. The van der Waals surface area contributed by atoms with Crippen LogP contribution < -0.4 is 5.32 Å².